The number of ether oxygens (including phenoxy) is 1. The van der Waals surface area contributed by atoms with Crippen molar-refractivity contribution in [2.45, 2.75) is 6.54 Å². The van der Waals surface area contributed by atoms with Crippen LogP contribution in [0.1, 0.15) is 5.56 Å². The van der Waals surface area contributed by atoms with Crippen molar-refractivity contribution in [3.8, 4) is 5.75 Å². The molecule has 0 fully saturated rings. The Kier molecular flexibility index (Phi) is 5.44. The quantitative estimate of drug-likeness (QED) is 0.682. The van der Waals surface area contributed by atoms with E-state index in [2.05, 4.69) is 21.2 Å². The van der Waals surface area contributed by atoms with Gasteiger partial charge in [0.25, 0.3) is 0 Å². The number of nitrogens with one attached hydrogen (secondary N) is 1. The van der Waals surface area contributed by atoms with Gasteiger partial charge in [-0.2, -0.15) is 0 Å². The summed E-state index contributed by atoms with van der Waals surface area (Å²) in [5.41, 5.74) is 1.64. The highest BCUT2D eigenvalue weighted by molar-refractivity contribution is 9.10. The van der Waals surface area contributed by atoms with Crippen molar-refractivity contribution in [1.82, 2.24) is 0 Å². The molecular formula is C14H11BrCl3NO. The maximum atomic E-state index is 6.13. The summed E-state index contributed by atoms with van der Waals surface area (Å²) in [6, 6.07) is 9.09. The predicted molar refractivity (Wildman–Crippen MR) is 89.5 cm³/mol. The molecule has 0 aliphatic rings. The van der Waals surface area contributed by atoms with Gasteiger partial charge in [-0.1, -0.05) is 50.7 Å². The molecule has 0 radical (unpaired) electrons. The van der Waals surface area contributed by atoms with E-state index in [0.29, 0.717) is 27.3 Å². The van der Waals surface area contributed by atoms with Crippen LogP contribution < -0.4 is 10.1 Å². The molecule has 0 saturated heterocycles. The number of hydrogen-bond acceptors (Lipinski definition) is 2. The van der Waals surface area contributed by atoms with E-state index in [9.17, 15) is 0 Å². The van der Waals surface area contributed by atoms with Gasteiger partial charge < -0.3 is 10.1 Å². The first kappa shape index (κ1) is 15.8. The standard InChI is InChI=1S/C14H11BrCl3NO/c1-20-13-3-2-9(15)4-8(13)7-19-14-11(17)5-10(16)6-12(14)18/h2-6,19H,7H2,1H3. The summed E-state index contributed by atoms with van der Waals surface area (Å²) in [6.45, 7) is 0.531. The van der Waals surface area contributed by atoms with E-state index in [1.165, 1.54) is 0 Å². The molecule has 0 unspecified atom stereocenters. The van der Waals surface area contributed by atoms with Gasteiger partial charge in [-0.15, -0.1) is 0 Å². The summed E-state index contributed by atoms with van der Waals surface area (Å²) in [4.78, 5) is 0. The fourth-order valence-electron chi connectivity index (χ4n) is 1.78. The van der Waals surface area contributed by atoms with E-state index in [-0.39, 0.29) is 0 Å². The van der Waals surface area contributed by atoms with Gasteiger partial charge in [-0.05, 0) is 30.3 Å². The summed E-state index contributed by atoms with van der Waals surface area (Å²) in [6.07, 6.45) is 0. The second-order valence-corrected chi connectivity index (χ2v) is 6.22. The molecule has 2 aromatic carbocycles. The Labute approximate surface area is 141 Å². The molecule has 1 N–H and O–H groups in total. The minimum absolute atomic E-state index is 0.483. The third-order valence-corrected chi connectivity index (χ3v) is 4.01. The zero-order chi connectivity index (χ0) is 14.7. The maximum Gasteiger partial charge on any atom is 0.123 e. The van der Waals surface area contributed by atoms with Gasteiger partial charge in [0.2, 0.25) is 0 Å². The molecule has 0 aromatic heterocycles. The molecule has 0 aliphatic heterocycles. The van der Waals surface area contributed by atoms with Crippen molar-refractivity contribution < 1.29 is 4.74 Å². The van der Waals surface area contributed by atoms with E-state index in [1.807, 2.05) is 18.2 Å². The molecule has 2 aromatic rings. The van der Waals surface area contributed by atoms with Crippen molar-refractivity contribution >= 4 is 56.4 Å². The molecule has 2 nitrogen and oxygen atoms in total. The first-order valence-corrected chi connectivity index (χ1v) is 7.65. The molecule has 0 aliphatic carbocycles. The fourth-order valence-corrected chi connectivity index (χ4v) is 3.14. The molecule has 0 saturated carbocycles. The van der Waals surface area contributed by atoms with E-state index < -0.39 is 0 Å². The molecule has 6 heteroatoms. The molecule has 20 heavy (non-hydrogen) atoms. The second-order valence-electron chi connectivity index (χ2n) is 4.05. The van der Waals surface area contributed by atoms with Crippen LogP contribution in [-0.2, 0) is 6.54 Å². The van der Waals surface area contributed by atoms with Crippen LogP contribution in [0.15, 0.2) is 34.8 Å². The Morgan fingerprint density at radius 2 is 1.75 bits per heavy atom. The summed E-state index contributed by atoms with van der Waals surface area (Å²) in [5.74, 6) is 0.793. The SMILES string of the molecule is COc1ccc(Br)cc1CNc1c(Cl)cc(Cl)cc1Cl. The summed E-state index contributed by atoms with van der Waals surface area (Å²) in [5, 5.41) is 4.67. The Morgan fingerprint density at radius 1 is 1.10 bits per heavy atom. The first-order chi connectivity index (χ1) is 9.51. The number of rotatable bonds is 4. The van der Waals surface area contributed by atoms with Gasteiger partial charge >= 0.3 is 0 Å². The van der Waals surface area contributed by atoms with E-state index in [0.717, 1.165) is 15.8 Å². The average molecular weight is 396 g/mol. The van der Waals surface area contributed by atoms with Crippen LogP contribution in [0, 0.1) is 0 Å². The van der Waals surface area contributed by atoms with Crippen LogP contribution in [0.25, 0.3) is 0 Å². The largest absolute Gasteiger partial charge is 0.496 e. The third kappa shape index (κ3) is 3.73. The summed E-state index contributed by atoms with van der Waals surface area (Å²) in [7, 11) is 1.63. The molecule has 2 rings (SSSR count). The highest BCUT2D eigenvalue weighted by atomic mass is 79.9. The third-order valence-electron chi connectivity index (χ3n) is 2.70. The van der Waals surface area contributed by atoms with Gasteiger partial charge in [0.1, 0.15) is 5.75 Å². The van der Waals surface area contributed by atoms with Crippen LogP contribution in [-0.4, -0.2) is 7.11 Å². The van der Waals surface area contributed by atoms with E-state index in [4.69, 9.17) is 39.5 Å². The zero-order valence-corrected chi connectivity index (χ0v) is 14.4. The topological polar surface area (TPSA) is 21.3 Å². The van der Waals surface area contributed by atoms with Crippen LogP contribution in [0.3, 0.4) is 0 Å². The zero-order valence-electron chi connectivity index (χ0n) is 10.5. The number of hydrogen-bond donors (Lipinski definition) is 1. The summed E-state index contributed by atoms with van der Waals surface area (Å²) >= 11 is 21.6. The highest BCUT2D eigenvalue weighted by Crippen LogP contribution is 2.34. The Morgan fingerprint density at radius 3 is 2.35 bits per heavy atom. The number of halogens is 4. The van der Waals surface area contributed by atoms with Gasteiger partial charge in [0.05, 0.1) is 22.8 Å². The van der Waals surface area contributed by atoms with Crippen molar-refractivity contribution in [3.05, 3.63) is 55.4 Å². The lowest BCUT2D eigenvalue weighted by molar-refractivity contribution is 0.410. The fraction of sp³-hybridized carbons (Fsp3) is 0.143. The van der Waals surface area contributed by atoms with E-state index in [1.54, 1.807) is 19.2 Å². The number of anilines is 1. The lowest BCUT2D eigenvalue weighted by Crippen LogP contribution is -2.03. The predicted octanol–water partition coefficient (Wildman–Crippen LogP) is 6.03. The average Bonchev–Trinajstić information content (AvgIpc) is 2.37. The van der Waals surface area contributed by atoms with Crippen LogP contribution in [0.2, 0.25) is 15.1 Å². The normalized spacial score (nSPS) is 10.4. The molecular weight excluding hydrogens is 384 g/mol. The van der Waals surface area contributed by atoms with Gasteiger partial charge in [0, 0.05) is 21.6 Å². The van der Waals surface area contributed by atoms with Crippen LogP contribution in [0.5, 0.6) is 5.75 Å². The number of benzene rings is 2. The maximum absolute atomic E-state index is 6.13. The molecule has 106 valence electrons. The van der Waals surface area contributed by atoms with Crippen molar-refractivity contribution in [2.75, 3.05) is 12.4 Å². The minimum atomic E-state index is 0.483. The Balaban J connectivity index is 2.23. The molecule has 0 heterocycles. The van der Waals surface area contributed by atoms with Crippen molar-refractivity contribution in [2.24, 2.45) is 0 Å². The van der Waals surface area contributed by atoms with Gasteiger partial charge in [0.15, 0.2) is 0 Å². The molecule has 0 amide bonds. The Hall–Kier alpha value is -0.610. The van der Waals surface area contributed by atoms with Gasteiger partial charge in [-0.3, -0.25) is 0 Å². The van der Waals surface area contributed by atoms with Crippen molar-refractivity contribution in [1.29, 1.82) is 0 Å². The van der Waals surface area contributed by atoms with Gasteiger partial charge in [-0.25, -0.2) is 0 Å². The molecule has 0 atom stereocenters. The van der Waals surface area contributed by atoms with Crippen molar-refractivity contribution in [3.63, 3.8) is 0 Å². The first-order valence-electron chi connectivity index (χ1n) is 5.72. The lowest BCUT2D eigenvalue weighted by atomic mass is 10.2. The lowest BCUT2D eigenvalue weighted by Gasteiger charge is -2.13. The highest BCUT2D eigenvalue weighted by Gasteiger charge is 2.09. The monoisotopic (exact) mass is 393 g/mol. The number of methoxy groups -OCH3 is 1. The molecule has 0 bridgehead atoms. The van der Waals surface area contributed by atoms with Crippen LogP contribution in [0.4, 0.5) is 5.69 Å². The molecule has 0 spiro atoms. The van der Waals surface area contributed by atoms with E-state index >= 15 is 0 Å². The Bertz CT molecular complexity index is 611. The smallest absolute Gasteiger partial charge is 0.123 e. The second kappa shape index (κ2) is 6.90. The minimum Gasteiger partial charge on any atom is -0.496 e. The summed E-state index contributed by atoms with van der Waals surface area (Å²) < 4.78 is 6.30. The van der Waals surface area contributed by atoms with Crippen LogP contribution >= 0.6 is 50.7 Å².